The maximum atomic E-state index is 14.0. The van der Waals surface area contributed by atoms with Crippen molar-refractivity contribution in [2.75, 3.05) is 26.2 Å². The number of hydrogen-bond acceptors (Lipinski definition) is 3. The van der Waals surface area contributed by atoms with Crippen molar-refractivity contribution in [2.45, 2.75) is 51.3 Å². The van der Waals surface area contributed by atoms with Gasteiger partial charge in [0.05, 0.1) is 6.61 Å². The smallest absolute Gasteiger partial charge is 0.256 e. The maximum absolute atomic E-state index is 14.0. The number of ether oxygens (including phenoxy) is 1. The molecule has 2 heterocycles. The Morgan fingerprint density at radius 2 is 1.92 bits per heavy atom. The van der Waals surface area contributed by atoms with Gasteiger partial charge in [0.2, 0.25) is 0 Å². The van der Waals surface area contributed by atoms with Crippen LogP contribution in [0, 0.1) is 11.6 Å². The van der Waals surface area contributed by atoms with Crippen molar-refractivity contribution in [3.05, 3.63) is 35.4 Å². The standard InChI is InChI=1S/C19H26F2N2O2/c1-14(2)23-9-4-3-8-19(18(23)24)13-22(10-11-25-19)12-15-16(20)6-5-7-17(15)21/h5-7,14H,3-4,8-13H2,1-2H3. The zero-order chi connectivity index (χ0) is 18.0. The van der Waals surface area contributed by atoms with Gasteiger partial charge in [-0.3, -0.25) is 9.69 Å². The Kier molecular flexibility index (Phi) is 5.39. The third-order valence-corrected chi connectivity index (χ3v) is 5.21. The first kappa shape index (κ1) is 18.3. The molecule has 0 aliphatic carbocycles. The van der Waals surface area contributed by atoms with Crippen LogP contribution in [0.5, 0.6) is 0 Å². The summed E-state index contributed by atoms with van der Waals surface area (Å²) in [6.45, 7) is 6.24. The molecule has 1 unspecified atom stereocenters. The van der Waals surface area contributed by atoms with Crippen molar-refractivity contribution < 1.29 is 18.3 Å². The van der Waals surface area contributed by atoms with Crippen molar-refractivity contribution >= 4 is 5.91 Å². The molecule has 1 spiro atoms. The van der Waals surface area contributed by atoms with Crippen LogP contribution in [0.2, 0.25) is 0 Å². The Bertz CT molecular complexity index is 618. The first-order chi connectivity index (χ1) is 11.9. The third-order valence-electron chi connectivity index (χ3n) is 5.21. The second-order valence-corrected chi connectivity index (χ2v) is 7.30. The van der Waals surface area contributed by atoms with Crippen LogP contribution >= 0.6 is 0 Å². The average Bonchev–Trinajstić information content (AvgIpc) is 2.72. The molecule has 1 amide bonds. The van der Waals surface area contributed by atoms with E-state index in [4.69, 9.17) is 4.74 Å². The highest BCUT2D eigenvalue weighted by molar-refractivity contribution is 5.86. The molecular formula is C19H26F2N2O2. The second kappa shape index (κ2) is 7.38. The van der Waals surface area contributed by atoms with Gasteiger partial charge >= 0.3 is 0 Å². The molecule has 2 aliphatic rings. The molecule has 2 saturated heterocycles. The lowest BCUT2D eigenvalue weighted by Gasteiger charge is -2.43. The predicted octanol–water partition coefficient (Wildman–Crippen LogP) is 2.96. The van der Waals surface area contributed by atoms with Crippen molar-refractivity contribution in [1.29, 1.82) is 0 Å². The quantitative estimate of drug-likeness (QED) is 0.838. The van der Waals surface area contributed by atoms with Crippen LogP contribution in [0.15, 0.2) is 18.2 Å². The van der Waals surface area contributed by atoms with Gasteiger partial charge in [-0.25, -0.2) is 8.78 Å². The normalized spacial score (nSPS) is 25.6. The highest BCUT2D eigenvalue weighted by atomic mass is 19.1. The van der Waals surface area contributed by atoms with Gasteiger partial charge in [-0.05, 0) is 45.2 Å². The van der Waals surface area contributed by atoms with E-state index in [1.54, 1.807) is 0 Å². The third kappa shape index (κ3) is 3.70. The van der Waals surface area contributed by atoms with Crippen LogP contribution in [0.1, 0.15) is 38.7 Å². The number of nitrogens with zero attached hydrogens (tertiary/aromatic N) is 2. The van der Waals surface area contributed by atoms with Gasteiger partial charge in [-0.2, -0.15) is 0 Å². The average molecular weight is 352 g/mol. The fourth-order valence-corrected chi connectivity index (χ4v) is 3.83. The fraction of sp³-hybridized carbons (Fsp3) is 0.632. The zero-order valence-corrected chi connectivity index (χ0v) is 14.9. The van der Waals surface area contributed by atoms with Crippen LogP contribution < -0.4 is 0 Å². The van der Waals surface area contributed by atoms with Gasteiger partial charge in [0.1, 0.15) is 11.6 Å². The summed E-state index contributed by atoms with van der Waals surface area (Å²) in [6, 6.07) is 4.02. The molecule has 1 aromatic rings. The molecule has 1 atom stereocenters. The fourth-order valence-electron chi connectivity index (χ4n) is 3.83. The lowest BCUT2D eigenvalue weighted by atomic mass is 9.93. The molecule has 2 fully saturated rings. The van der Waals surface area contributed by atoms with Gasteiger partial charge in [0, 0.05) is 37.8 Å². The largest absolute Gasteiger partial charge is 0.362 e. The van der Waals surface area contributed by atoms with Gasteiger partial charge < -0.3 is 9.64 Å². The van der Waals surface area contributed by atoms with Crippen LogP contribution in [0.4, 0.5) is 8.78 Å². The second-order valence-electron chi connectivity index (χ2n) is 7.30. The lowest BCUT2D eigenvalue weighted by molar-refractivity contribution is -0.172. The topological polar surface area (TPSA) is 32.8 Å². The Balaban J connectivity index is 1.80. The van der Waals surface area contributed by atoms with Crippen LogP contribution in [-0.2, 0) is 16.1 Å². The Labute approximate surface area is 147 Å². The SMILES string of the molecule is CC(C)N1CCCCC2(CN(Cc3c(F)cccc3F)CCO2)C1=O. The number of halogens is 2. The molecule has 0 aromatic heterocycles. The molecule has 138 valence electrons. The van der Waals surface area contributed by atoms with Crippen molar-refractivity contribution in [1.82, 2.24) is 9.80 Å². The summed E-state index contributed by atoms with van der Waals surface area (Å²) in [4.78, 5) is 16.9. The van der Waals surface area contributed by atoms with Gasteiger partial charge in [-0.1, -0.05) is 6.07 Å². The van der Waals surface area contributed by atoms with Gasteiger partial charge in [-0.15, -0.1) is 0 Å². The number of carbonyl (C=O) groups excluding carboxylic acids is 1. The van der Waals surface area contributed by atoms with E-state index < -0.39 is 17.2 Å². The van der Waals surface area contributed by atoms with Crippen molar-refractivity contribution in [2.24, 2.45) is 0 Å². The van der Waals surface area contributed by atoms with Crippen LogP contribution in [0.3, 0.4) is 0 Å². The van der Waals surface area contributed by atoms with Gasteiger partial charge in [0.15, 0.2) is 5.60 Å². The summed E-state index contributed by atoms with van der Waals surface area (Å²) in [5.41, 5.74) is -0.831. The molecule has 1 aromatic carbocycles. The molecule has 0 radical (unpaired) electrons. The predicted molar refractivity (Wildman–Crippen MR) is 91.0 cm³/mol. The van der Waals surface area contributed by atoms with E-state index in [2.05, 4.69) is 0 Å². The number of morpholine rings is 1. The lowest BCUT2D eigenvalue weighted by Crippen LogP contribution is -2.60. The summed E-state index contributed by atoms with van der Waals surface area (Å²) < 4.78 is 33.9. The van der Waals surface area contributed by atoms with E-state index in [1.807, 2.05) is 23.6 Å². The molecule has 3 rings (SSSR count). The monoisotopic (exact) mass is 352 g/mol. The number of rotatable bonds is 3. The Morgan fingerprint density at radius 1 is 1.20 bits per heavy atom. The summed E-state index contributed by atoms with van der Waals surface area (Å²) in [5.74, 6) is -1.08. The van der Waals surface area contributed by atoms with E-state index in [1.165, 1.54) is 18.2 Å². The minimum Gasteiger partial charge on any atom is -0.362 e. The van der Waals surface area contributed by atoms with Crippen molar-refractivity contribution in [3.8, 4) is 0 Å². The van der Waals surface area contributed by atoms with E-state index in [9.17, 15) is 13.6 Å². The van der Waals surface area contributed by atoms with Gasteiger partial charge in [0.25, 0.3) is 5.91 Å². The van der Waals surface area contributed by atoms with E-state index >= 15 is 0 Å². The molecule has 6 heteroatoms. The molecule has 0 saturated carbocycles. The van der Waals surface area contributed by atoms with Crippen molar-refractivity contribution in [3.63, 3.8) is 0 Å². The first-order valence-corrected chi connectivity index (χ1v) is 9.03. The molecule has 2 aliphatic heterocycles. The highest BCUT2D eigenvalue weighted by Crippen LogP contribution is 2.31. The van der Waals surface area contributed by atoms with Crippen LogP contribution in [0.25, 0.3) is 0 Å². The Hall–Kier alpha value is -1.53. The van der Waals surface area contributed by atoms with E-state index in [0.29, 0.717) is 26.1 Å². The zero-order valence-electron chi connectivity index (χ0n) is 14.9. The number of likely N-dealkylation sites (tertiary alicyclic amines) is 1. The molecule has 0 N–H and O–H groups in total. The minimum atomic E-state index is -0.888. The highest BCUT2D eigenvalue weighted by Gasteiger charge is 2.47. The number of benzene rings is 1. The summed E-state index contributed by atoms with van der Waals surface area (Å²) in [6.07, 6.45) is 2.53. The summed E-state index contributed by atoms with van der Waals surface area (Å²) >= 11 is 0. The molecule has 0 bridgehead atoms. The number of amides is 1. The van der Waals surface area contributed by atoms with Crippen LogP contribution in [-0.4, -0.2) is 53.6 Å². The number of hydrogen-bond donors (Lipinski definition) is 0. The maximum Gasteiger partial charge on any atom is 0.256 e. The van der Waals surface area contributed by atoms with E-state index in [-0.39, 0.29) is 24.1 Å². The molecule has 4 nitrogen and oxygen atoms in total. The summed E-state index contributed by atoms with van der Waals surface area (Å²) in [7, 11) is 0. The molecular weight excluding hydrogens is 326 g/mol. The minimum absolute atomic E-state index is 0.0127. The molecule has 25 heavy (non-hydrogen) atoms. The van der Waals surface area contributed by atoms with E-state index in [0.717, 1.165) is 19.4 Å². The summed E-state index contributed by atoms with van der Waals surface area (Å²) in [5, 5.41) is 0. The number of carbonyl (C=O) groups is 1. The first-order valence-electron chi connectivity index (χ1n) is 9.03. The Morgan fingerprint density at radius 3 is 2.60 bits per heavy atom.